The molecule has 0 nitrogen and oxygen atoms in total. The topological polar surface area (TPSA) is 0 Å². The Kier molecular flexibility index (Phi) is 4.63. The molecule has 0 amide bonds. The quantitative estimate of drug-likeness (QED) is 0.632. The van der Waals surface area contributed by atoms with E-state index in [1.807, 2.05) is 0 Å². The minimum absolute atomic E-state index is 0.832. The van der Waals surface area contributed by atoms with Crippen molar-refractivity contribution >= 4 is 15.9 Å². The zero-order valence-electron chi connectivity index (χ0n) is 8.35. The van der Waals surface area contributed by atoms with Crippen molar-refractivity contribution in [1.82, 2.24) is 0 Å². The van der Waals surface area contributed by atoms with Crippen LogP contribution in [0.25, 0.3) is 0 Å². The zero-order valence-corrected chi connectivity index (χ0v) is 9.94. The highest BCUT2D eigenvalue weighted by molar-refractivity contribution is 9.09. The SMILES string of the molecule is CCC(CC)CC1CCCC1Br. The minimum atomic E-state index is 0.832. The van der Waals surface area contributed by atoms with Crippen LogP contribution in [0, 0.1) is 11.8 Å². The van der Waals surface area contributed by atoms with Gasteiger partial charge in [0, 0.05) is 4.83 Å². The molecule has 12 heavy (non-hydrogen) atoms. The van der Waals surface area contributed by atoms with E-state index in [2.05, 4.69) is 29.8 Å². The van der Waals surface area contributed by atoms with Crippen LogP contribution < -0.4 is 0 Å². The Labute approximate surface area is 85.3 Å². The monoisotopic (exact) mass is 232 g/mol. The summed E-state index contributed by atoms with van der Waals surface area (Å²) in [4.78, 5) is 0.832. The normalized spacial score (nSPS) is 30.0. The summed E-state index contributed by atoms with van der Waals surface area (Å²) in [5, 5.41) is 0. The van der Waals surface area contributed by atoms with Gasteiger partial charge in [-0.2, -0.15) is 0 Å². The summed E-state index contributed by atoms with van der Waals surface area (Å²) in [6.07, 6.45) is 8.51. The van der Waals surface area contributed by atoms with Crippen LogP contribution in [-0.2, 0) is 0 Å². The van der Waals surface area contributed by atoms with E-state index in [0.29, 0.717) is 0 Å². The maximum absolute atomic E-state index is 3.79. The van der Waals surface area contributed by atoms with E-state index in [1.165, 1.54) is 38.5 Å². The van der Waals surface area contributed by atoms with Crippen LogP contribution in [-0.4, -0.2) is 4.83 Å². The van der Waals surface area contributed by atoms with Crippen molar-refractivity contribution in [2.24, 2.45) is 11.8 Å². The standard InChI is InChI=1S/C11H21Br/c1-3-9(4-2)8-10-6-5-7-11(10)12/h9-11H,3-8H2,1-2H3. The lowest BCUT2D eigenvalue weighted by Crippen LogP contribution is -2.11. The van der Waals surface area contributed by atoms with Gasteiger partial charge in [-0.3, -0.25) is 0 Å². The number of alkyl halides is 1. The van der Waals surface area contributed by atoms with Crippen molar-refractivity contribution in [2.75, 3.05) is 0 Å². The Morgan fingerprint density at radius 1 is 1.25 bits per heavy atom. The summed E-state index contributed by atoms with van der Waals surface area (Å²) in [6.45, 7) is 4.65. The molecule has 1 rings (SSSR count). The van der Waals surface area contributed by atoms with Crippen LogP contribution >= 0.6 is 15.9 Å². The third-order valence-corrected chi connectivity index (χ3v) is 4.56. The molecule has 0 radical (unpaired) electrons. The Balaban J connectivity index is 2.28. The molecule has 0 saturated heterocycles. The third kappa shape index (κ3) is 2.76. The second-order valence-corrected chi connectivity index (χ2v) is 5.30. The number of halogens is 1. The lowest BCUT2D eigenvalue weighted by atomic mass is 9.90. The second kappa shape index (κ2) is 5.26. The van der Waals surface area contributed by atoms with Gasteiger partial charge in [-0.1, -0.05) is 49.0 Å². The summed E-state index contributed by atoms with van der Waals surface area (Å²) >= 11 is 3.79. The summed E-state index contributed by atoms with van der Waals surface area (Å²) in [6, 6.07) is 0. The van der Waals surface area contributed by atoms with E-state index < -0.39 is 0 Å². The molecule has 0 aromatic carbocycles. The highest BCUT2D eigenvalue weighted by Gasteiger charge is 2.26. The Morgan fingerprint density at radius 2 is 1.92 bits per heavy atom. The van der Waals surface area contributed by atoms with Gasteiger partial charge in [0.1, 0.15) is 0 Å². The van der Waals surface area contributed by atoms with Crippen molar-refractivity contribution in [2.45, 2.75) is 57.2 Å². The van der Waals surface area contributed by atoms with Gasteiger partial charge in [0.05, 0.1) is 0 Å². The third-order valence-electron chi connectivity index (χ3n) is 3.36. The molecule has 0 aromatic rings. The lowest BCUT2D eigenvalue weighted by molar-refractivity contribution is 0.364. The van der Waals surface area contributed by atoms with Gasteiger partial charge in [-0.05, 0) is 31.1 Å². The van der Waals surface area contributed by atoms with Crippen molar-refractivity contribution in [3.8, 4) is 0 Å². The largest absolute Gasteiger partial charge is 0.0888 e. The van der Waals surface area contributed by atoms with E-state index in [9.17, 15) is 0 Å². The Morgan fingerprint density at radius 3 is 2.33 bits per heavy atom. The van der Waals surface area contributed by atoms with E-state index in [1.54, 1.807) is 0 Å². The van der Waals surface area contributed by atoms with Crippen LogP contribution in [0.1, 0.15) is 52.4 Å². The molecule has 0 aliphatic heterocycles. The molecule has 1 saturated carbocycles. The predicted molar refractivity (Wildman–Crippen MR) is 58.7 cm³/mol. The van der Waals surface area contributed by atoms with Gasteiger partial charge in [-0.15, -0.1) is 0 Å². The van der Waals surface area contributed by atoms with Crippen molar-refractivity contribution < 1.29 is 0 Å². The van der Waals surface area contributed by atoms with Gasteiger partial charge in [0.25, 0.3) is 0 Å². The molecular weight excluding hydrogens is 212 g/mol. The van der Waals surface area contributed by atoms with Gasteiger partial charge in [-0.25, -0.2) is 0 Å². The van der Waals surface area contributed by atoms with Crippen molar-refractivity contribution in [1.29, 1.82) is 0 Å². The number of rotatable bonds is 4. The highest BCUT2D eigenvalue weighted by atomic mass is 79.9. The minimum Gasteiger partial charge on any atom is -0.0888 e. The molecule has 0 bridgehead atoms. The Bertz CT molecular complexity index is 118. The van der Waals surface area contributed by atoms with Crippen LogP contribution in [0.4, 0.5) is 0 Å². The second-order valence-electron chi connectivity index (χ2n) is 4.13. The summed E-state index contributed by atoms with van der Waals surface area (Å²) in [5.74, 6) is 1.96. The average Bonchev–Trinajstić information content (AvgIpc) is 2.47. The first-order chi connectivity index (χ1) is 5.77. The first-order valence-corrected chi connectivity index (χ1v) is 6.33. The molecule has 0 aromatic heterocycles. The summed E-state index contributed by atoms with van der Waals surface area (Å²) < 4.78 is 0. The molecule has 0 N–H and O–H groups in total. The average molecular weight is 233 g/mol. The predicted octanol–water partition coefficient (Wildman–Crippen LogP) is 4.38. The molecule has 1 aliphatic carbocycles. The zero-order chi connectivity index (χ0) is 8.97. The fourth-order valence-electron chi connectivity index (χ4n) is 2.31. The molecule has 2 atom stereocenters. The van der Waals surface area contributed by atoms with Crippen LogP contribution in [0.15, 0.2) is 0 Å². The first kappa shape index (κ1) is 10.6. The van der Waals surface area contributed by atoms with Gasteiger partial charge in [0.15, 0.2) is 0 Å². The molecular formula is C11H21Br. The molecule has 1 aliphatic rings. The molecule has 0 spiro atoms. The van der Waals surface area contributed by atoms with E-state index in [0.717, 1.165) is 16.7 Å². The summed E-state index contributed by atoms with van der Waals surface area (Å²) in [7, 11) is 0. The molecule has 2 unspecified atom stereocenters. The van der Waals surface area contributed by atoms with E-state index in [4.69, 9.17) is 0 Å². The maximum Gasteiger partial charge on any atom is 0.0174 e. The first-order valence-electron chi connectivity index (χ1n) is 5.42. The van der Waals surface area contributed by atoms with Crippen LogP contribution in [0.5, 0.6) is 0 Å². The van der Waals surface area contributed by atoms with E-state index in [-0.39, 0.29) is 0 Å². The molecule has 1 fully saturated rings. The lowest BCUT2D eigenvalue weighted by Gasteiger charge is -2.19. The van der Waals surface area contributed by atoms with Gasteiger partial charge < -0.3 is 0 Å². The van der Waals surface area contributed by atoms with Gasteiger partial charge >= 0.3 is 0 Å². The number of hydrogen-bond acceptors (Lipinski definition) is 0. The molecule has 0 heterocycles. The van der Waals surface area contributed by atoms with E-state index >= 15 is 0 Å². The Hall–Kier alpha value is 0.480. The molecule has 72 valence electrons. The number of hydrogen-bond donors (Lipinski definition) is 0. The smallest absolute Gasteiger partial charge is 0.0174 e. The maximum atomic E-state index is 3.79. The van der Waals surface area contributed by atoms with Crippen molar-refractivity contribution in [3.63, 3.8) is 0 Å². The van der Waals surface area contributed by atoms with Gasteiger partial charge in [0.2, 0.25) is 0 Å². The van der Waals surface area contributed by atoms with Crippen LogP contribution in [0.2, 0.25) is 0 Å². The summed E-state index contributed by atoms with van der Waals surface area (Å²) in [5.41, 5.74) is 0. The molecule has 1 heteroatoms. The fourth-order valence-corrected chi connectivity index (χ4v) is 3.11. The van der Waals surface area contributed by atoms with Crippen molar-refractivity contribution in [3.05, 3.63) is 0 Å². The highest BCUT2D eigenvalue weighted by Crippen LogP contribution is 2.36. The van der Waals surface area contributed by atoms with Crippen LogP contribution in [0.3, 0.4) is 0 Å². The fraction of sp³-hybridized carbons (Fsp3) is 1.00.